The Morgan fingerprint density at radius 2 is 1.71 bits per heavy atom. The van der Waals surface area contributed by atoms with E-state index in [0.717, 1.165) is 16.8 Å². The molecule has 10 heteroatoms. The van der Waals surface area contributed by atoms with Crippen molar-refractivity contribution in [3.05, 3.63) is 114 Å². The zero-order chi connectivity index (χ0) is 30.6. The highest BCUT2D eigenvalue weighted by Gasteiger charge is 2.31. The maximum Gasteiger partial charge on any atom is 0.318 e. The van der Waals surface area contributed by atoms with E-state index in [4.69, 9.17) is 9.29 Å². The largest absolute Gasteiger partial charge is 0.468 e. The molecule has 8 nitrogen and oxygen atoms in total. The predicted octanol–water partition coefficient (Wildman–Crippen LogP) is 5.76. The Morgan fingerprint density at radius 3 is 2.27 bits per heavy atom. The quantitative estimate of drug-likeness (QED) is 0.0806. The number of hydrogen-bond donors (Lipinski definition) is 4. The summed E-state index contributed by atoms with van der Waals surface area (Å²) in [5.41, 5.74) is 3.06. The van der Waals surface area contributed by atoms with Gasteiger partial charge in [0.05, 0.1) is 18.5 Å². The van der Waals surface area contributed by atoms with Gasteiger partial charge in [0.2, 0.25) is 5.91 Å². The topological polar surface area (TPSA) is 117 Å². The molecule has 1 aliphatic heterocycles. The van der Waals surface area contributed by atoms with Gasteiger partial charge in [0.15, 0.2) is 0 Å². The summed E-state index contributed by atoms with van der Waals surface area (Å²) in [4.78, 5) is 25.9. The predicted molar refractivity (Wildman–Crippen MR) is 171 cm³/mol. The molecule has 2 aromatic rings. The SMILES string of the molecule is C=C/C=C/C1NC([C@H](Cc2ccc(NS(=O)O)cc2)NC(=O)C(Cc2ccccc2)C(=O)OC)=CS1.C=CC.CC. The molecule has 222 valence electrons. The van der Waals surface area contributed by atoms with Crippen molar-refractivity contribution in [2.45, 2.75) is 45.0 Å². The molecule has 0 saturated heterocycles. The average Bonchev–Trinajstić information content (AvgIpc) is 3.46. The highest BCUT2D eigenvalue weighted by Crippen LogP contribution is 2.26. The molecular formula is C31H41N3O5S2. The number of benzene rings is 2. The van der Waals surface area contributed by atoms with Gasteiger partial charge in [0, 0.05) is 11.4 Å². The van der Waals surface area contributed by atoms with Crippen molar-refractivity contribution in [1.82, 2.24) is 10.6 Å². The maximum absolute atomic E-state index is 13.4. The Labute approximate surface area is 250 Å². The van der Waals surface area contributed by atoms with Crippen molar-refractivity contribution in [1.29, 1.82) is 0 Å². The number of amides is 1. The molecule has 0 aromatic heterocycles. The number of allylic oxidation sites excluding steroid dienone is 3. The van der Waals surface area contributed by atoms with E-state index in [-0.39, 0.29) is 11.8 Å². The van der Waals surface area contributed by atoms with E-state index in [2.05, 4.69) is 28.5 Å². The monoisotopic (exact) mass is 599 g/mol. The van der Waals surface area contributed by atoms with Gasteiger partial charge in [0.1, 0.15) is 5.92 Å². The molecule has 1 heterocycles. The Hall–Kier alpha value is -3.60. The number of methoxy groups -OCH3 is 1. The summed E-state index contributed by atoms with van der Waals surface area (Å²) >= 11 is -0.599. The highest BCUT2D eigenvalue weighted by molar-refractivity contribution is 8.03. The lowest BCUT2D eigenvalue weighted by molar-refractivity contribution is -0.150. The minimum atomic E-state index is -2.16. The zero-order valence-electron chi connectivity index (χ0n) is 24.0. The normalized spacial score (nSPS) is 15.7. The molecule has 4 N–H and O–H groups in total. The zero-order valence-corrected chi connectivity index (χ0v) is 25.7. The first-order chi connectivity index (χ1) is 19.8. The van der Waals surface area contributed by atoms with Crippen molar-refractivity contribution in [3.8, 4) is 0 Å². The lowest BCUT2D eigenvalue weighted by Gasteiger charge is -2.24. The van der Waals surface area contributed by atoms with Crippen LogP contribution in [0.1, 0.15) is 31.9 Å². The van der Waals surface area contributed by atoms with Crippen LogP contribution < -0.4 is 15.4 Å². The van der Waals surface area contributed by atoms with Crippen LogP contribution in [-0.4, -0.2) is 39.2 Å². The van der Waals surface area contributed by atoms with Crippen LogP contribution in [0.3, 0.4) is 0 Å². The van der Waals surface area contributed by atoms with Crippen molar-refractivity contribution >= 4 is 40.6 Å². The van der Waals surface area contributed by atoms with Gasteiger partial charge in [-0.25, -0.2) is 4.21 Å². The smallest absolute Gasteiger partial charge is 0.318 e. The number of hydrogen-bond acceptors (Lipinski definition) is 6. The molecule has 3 unspecified atom stereocenters. The molecule has 41 heavy (non-hydrogen) atoms. The first-order valence-electron chi connectivity index (χ1n) is 13.2. The number of carbonyl (C=O) groups is 2. The Balaban J connectivity index is 0.00000157. The third-order valence-corrected chi connectivity index (χ3v) is 6.82. The number of carbonyl (C=O) groups excluding carboxylic acids is 2. The van der Waals surface area contributed by atoms with Crippen LogP contribution >= 0.6 is 11.8 Å². The van der Waals surface area contributed by atoms with Crippen LogP contribution in [0.5, 0.6) is 0 Å². The van der Waals surface area contributed by atoms with Crippen molar-refractivity contribution < 1.29 is 23.1 Å². The summed E-state index contributed by atoms with van der Waals surface area (Å²) in [5.74, 6) is -2.03. The fourth-order valence-corrected chi connectivity index (χ4v) is 4.91. The van der Waals surface area contributed by atoms with Gasteiger partial charge < -0.3 is 15.4 Å². The molecule has 0 bridgehead atoms. The fourth-order valence-electron chi connectivity index (χ4n) is 3.67. The van der Waals surface area contributed by atoms with E-state index in [1.165, 1.54) is 7.11 Å². The second-order valence-electron chi connectivity index (χ2n) is 8.38. The second-order valence-corrected chi connectivity index (χ2v) is 10.1. The maximum atomic E-state index is 13.4. The molecule has 1 aliphatic rings. The fraction of sp³-hybridized carbons (Fsp3) is 0.290. The molecule has 0 aliphatic carbocycles. The van der Waals surface area contributed by atoms with E-state index < -0.39 is 35.1 Å². The van der Waals surface area contributed by atoms with Crippen LogP contribution in [0.4, 0.5) is 5.69 Å². The number of ether oxygens (including phenoxy) is 1. The number of anilines is 1. The Morgan fingerprint density at radius 1 is 1.10 bits per heavy atom. The third-order valence-electron chi connectivity index (χ3n) is 5.45. The Bertz CT molecular complexity index is 1180. The summed E-state index contributed by atoms with van der Waals surface area (Å²) in [6.07, 6.45) is 7.90. The summed E-state index contributed by atoms with van der Waals surface area (Å²) in [5, 5.41) is 8.37. The minimum Gasteiger partial charge on any atom is -0.468 e. The van der Waals surface area contributed by atoms with Crippen LogP contribution in [0.25, 0.3) is 0 Å². The van der Waals surface area contributed by atoms with Crippen molar-refractivity contribution in [3.63, 3.8) is 0 Å². The van der Waals surface area contributed by atoms with E-state index >= 15 is 0 Å². The molecule has 1 amide bonds. The van der Waals surface area contributed by atoms with E-state index in [9.17, 15) is 13.8 Å². The van der Waals surface area contributed by atoms with Crippen molar-refractivity contribution in [2.75, 3.05) is 11.8 Å². The van der Waals surface area contributed by atoms with Crippen LogP contribution in [0.15, 0.2) is 103 Å². The van der Waals surface area contributed by atoms with Gasteiger partial charge >= 0.3 is 5.97 Å². The molecule has 0 fully saturated rings. The van der Waals surface area contributed by atoms with E-state index in [1.807, 2.05) is 80.8 Å². The summed E-state index contributed by atoms with van der Waals surface area (Å²) < 4.78 is 27.4. The average molecular weight is 600 g/mol. The number of rotatable bonds is 12. The molecule has 2 aromatic carbocycles. The van der Waals surface area contributed by atoms with E-state index in [0.29, 0.717) is 12.1 Å². The molecule has 0 spiro atoms. The van der Waals surface area contributed by atoms with Gasteiger partial charge in [-0.2, -0.15) is 0 Å². The molecule has 0 radical (unpaired) electrons. The molecule has 4 atom stereocenters. The first-order valence-corrected chi connectivity index (χ1v) is 15.2. The number of nitrogens with one attached hydrogen (secondary N) is 3. The molecule has 0 saturated carbocycles. The second kappa shape index (κ2) is 20.3. The minimum absolute atomic E-state index is 0.00997. The van der Waals surface area contributed by atoms with Crippen LogP contribution in [0, 0.1) is 5.92 Å². The summed E-state index contributed by atoms with van der Waals surface area (Å²) in [6.45, 7) is 12.9. The molecular weight excluding hydrogens is 558 g/mol. The van der Waals surface area contributed by atoms with Crippen LogP contribution in [-0.2, 0) is 38.4 Å². The first kappa shape index (κ1) is 35.4. The van der Waals surface area contributed by atoms with Gasteiger partial charge in [-0.15, -0.1) is 18.3 Å². The number of esters is 1. The lowest BCUT2D eigenvalue weighted by Crippen LogP contribution is -2.46. The van der Waals surface area contributed by atoms with Gasteiger partial charge in [0.25, 0.3) is 11.3 Å². The number of thioether (sulfide) groups is 1. The standard InChI is InChI=1S/C26H29N3O5S2.C3H6.C2H6/c1-3-4-10-24-27-23(17-35-24)22(16-19-11-13-20(14-12-19)29-36(32)33)28-25(30)21(26(31)34-2)15-18-8-6-5-7-9-18;1-3-2;1-2/h3-14,17,21-22,24,27,29H,1,15-16H2,2H3,(H,28,30)(H,32,33);3H,1H2,2H3;1-2H3/b10-4+;;/t21?,22-,24?;;/m0../s1. The van der Waals surface area contributed by atoms with Crippen molar-refractivity contribution in [2.24, 2.45) is 5.92 Å². The van der Waals surface area contributed by atoms with Gasteiger partial charge in [-0.1, -0.05) is 87.2 Å². The molecule has 3 rings (SSSR count). The van der Waals surface area contributed by atoms with E-state index in [1.54, 1.807) is 36.0 Å². The summed E-state index contributed by atoms with van der Waals surface area (Å²) in [6, 6.07) is 15.9. The highest BCUT2D eigenvalue weighted by atomic mass is 32.2. The third kappa shape index (κ3) is 13.1. The Kier molecular flexibility index (Phi) is 17.5. The summed E-state index contributed by atoms with van der Waals surface area (Å²) in [7, 11) is 1.27. The van der Waals surface area contributed by atoms with Gasteiger partial charge in [-0.3, -0.25) is 18.9 Å². The lowest BCUT2D eigenvalue weighted by atomic mass is 9.97. The van der Waals surface area contributed by atoms with Crippen LogP contribution in [0.2, 0.25) is 0 Å². The van der Waals surface area contributed by atoms with Gasteiger partial charge in [-0.05, 0) is 48.4 Å².